The number of carbonyl (C=O) groups excluding carboxylic acids is 3. The van der Waals surface area contributed by atoms with Crippen molar-refractivity contribution in [2.24, 2.45) is 0 Å². The number of halogens is 1. The van der Waals surface area contributed by atoms with Crippen LogP contribution in [0.5, 0.6) is 0 Å². The van der Waals surface area contributed by atoms with Gasteiger partial charge in [0, 0.05) is 5.02 Å². The van der Waals surface area contributed by atoms with Crippen molar-refractivity contribution in [1.29, 1.82) is 0 Å². The Morgan fingerprint density at radius 2 is 1.75 bits per heavy atom. The number of carbonyl (C=O) groups is 3. The van der Waals surface area contributed by atoms with E-state index in [1.807, 2.05) is 13.8 Å². The van der Waals surface area contributed by atoms with Crippen LogP contribution < -0.4 is 10.7 Å². The SMILES string of the molecule is C=C(C1=C(OC(=O)OCCCC)CNC1=O)N(Nc1ccc(Cl)cc1)C(=O)OCCCC. The molecule has 0 fully saturated rings. The molecule has 0 spiro atoms. The van der Waals surface area contributed by atoms with E-state index >= 15 is 0 Å². The van der Waals surface area contributed by atoms with Gasteiger partial charge in [0.05, 0.1) is 31.1 Å². The Labute approximate surface area is 192 Å². The van der Waals surface area contributed by atoms with Crippen molar-refractivity contribution < 1.29 is 28.6 Å². The number of hydrogen-bond donors (Lipinski definition) is 2. The minimum Gasteiger partial charge on any atom is -0.448 e. The first-order valence-electron chi connectivity index (χ1n) is 10.4. The van der Waals surface area contributed by atoms with Crippen molar-refractivity contribution >= 4 is 35.4 Å². The summed E-state index contributed by atoms with van der Waals surface area (Å²) >= 11 is 5.92. The van der Waals surface area contributed by atoms with Gasteiger partial charge in [-0.1, -0.05) is 44.9 Å². The smallest absolute Gasteiger partial charge is 0.448 e. The summed E-state index contributed by atoms with van der Waals surface area (Å²) in [5.74, 6) is -0.540. The standard InChI is InChI=1S/C22H28ClN3O6/c1-4-6-12-30-21(28)26(25-17-10-8-16(23)9-11-17)15(3)19-18(14-24-20(19)27)32-22(29)31-13-7-5-2/h8-11,25H,3-7,12-14H2,1-2H3,(H,24,27). The molecule has 2 N–H and O–H groups in total. The number of anilines is 1. The lowest BCUT2D eigenvalue weighted by Crippen LogP contribution is -2.38. The molecule has 0 aromatic heterocycles. The first-order chi connectivity index (χ1) is 15.4. The van der Waals surface area contributed by atoms with E-state index in [1.165, 1.54) is 0 Å². The molecule has 10 heteroatoms. The number of ether oxygens (including phenoxy) is 3. The summed E-state index contributed by atoms with van der Waals surface area (Å²) in [7, 11) is 0. The number of nitrogens with one attached hydrogen (secondary N) is 2. The van der Waals surface area contributed by atoms with Crippen LogP contribution in [0.3, 0.4) is 0 Å². The third-order valence-electron chi connectivity index (χ3n) is 4.39. The van der Waals surface area contributed by atoms with Crippen molar-refractivity contribution in [3.63, 3.8) is 0 Å². The number of rotatable bonds is 11. The molecular weight excluding hydrogens is 438 g/mol. The minimum absolute atomic E-state index is 0.00534. The zero-order valence-corrected chi connectivity index (χ0v) is 19.0. The number of amides is 2. The first kappa shape index (κ1) is 25.1. The maximum absolute atomic E-state index is 12.8. The van der Waals surface area contributed by atoms with Crippen LogP contribution in [0, 0.1) is 0 Å². The first-order valence-corrected chi connectivity index (χ1v) is 10.8. The fraction of sp³-hybridized carbons (Fsp3) is 0.409. The predicted molar refractivity (Wildman–Crippen MR) is 120 cm³/mol. The van der Waals surface area contributed by atoms with Crippen LogP contribution in [-0.4, -0.2) is 42.9 Å². The van der Waals surface area contributed by atoms with E-state index < -0.39 is 18.2 Å². The van der Waals surface area contributed by atoms with Gasteiger partial charge >= 0.3 is 12.2 Å². The van der Waals surface area contributed by atoms with Crippen LogP contribution in [0.2, 0.25) is 5.02 Å². The summed E-state index contributed by atoms with van der Waals surface area (Å²) < 4.78 is 15.5. The Morgan fingerprint density at radius 3 is 2.38 bits per heavy atom. The van der Waals surface area contributed by atoms with Gasteiger partial charge in [0.2, 0.25) is 0 Å². The Hall–Kier alpha value is -3.20. The number of hydrogen-bond acceptors (Lipinski definition) is 7. The van der Waals surface area contributed by atoms with Crippen molar-refractivity contribution in [3.8, 4) is 0 Å². The fourth-order valence-corrected chi connectivity index (χ4v) is 2.76. The molecule has 1 heterocycles. The number of nitrogens with zero attached hydrogens (tertiary/aromatic N) is 1. The van der Waals surface area contributed by atoms with Gasteiger partial charge < -0.3 is 19.5 Å². The molecule has 1 aromatic rings. The van der Waals surface area contributed by atoms with E-state index in [2.05, 4.69) is 17.3 Å². The predicted octanol–water partition coefficient (Wildman–Crippen LogP) is 4.76. The molecule has 0 aliphatic carbocycles. The van der Waals surface area contributed by atoms with Crippen LogP contribution in [0.1, 0.15) is 39.5 Å². The summed E-state index contributed by atoms with van der Waals surface area (Å²) in [4.78, 5) is 37.2. The van der Waals surface area contributed by atoms with Crippen LogP contribution >= 0.6 is 11.6 Å². The Balaban J connectivity index is 2.25. The van der Waals surface area contributed by atoms with Gasteiger partial charge in [-0.25, -0.2) is 9.59 Å². The quantitative estimate of drug-likeness (QED) is 0.276. The van der Waals surface area contributed by atoms with Crippen molar-refractivity contribution in [2.45, 2.75) is 39.5 Å². The van der Waals surface area contributed by atoms with E-state index in [0.717, 1.165) is 17.9 Å². The van der Waals surface area contributed by atoms with Crippen LogP contribution in [0.15, 0.2) is 47.9 Å². The summed E-state index contributed by atoms with van der Waals surface area (Å²) in [5.41, 5.74) is 3.25. The average molecular weight is 466 g/mol. The second-order valence-electron chi connectivity index (χ2n) is 6.90. The van der Waals surface area contributed by atoms with Crippen molar-refractivity contribution in [2.75, 3.05) is 25.2 Å². The molecule has 1 aliphatic heterocycles. The molecule has 0 saturated heterocycles. The average Bonchev–Trinajstić information content (AvgIpc) is 3.12. The highest BCUT2D eigenvalue weighted by atomic mass is 35.5. The molecule has 174 valence electrons. The lowest BCUT2D eigenvalue weighted by atomic mass is 10.2. The molecule has 1 aromatic carbocycles. The van der Waals surface area contributed by atoms with E-state index in [0.29, 0.717) is 23.6 Å². The van der Waals surface area contributed by atoms with Gasteiger partial charge in [0.15, 0.2) is 0 Å². The highest BCUT2D eigenvalue weighted by molar-refractivity contribution is 6.30. The Bertz CT molecular complexity index is 869. The monoisotopic (exact) mass is 465 g/mol. The van der Waals surface area contributed by atoms with E-state index in [-0.39, 0.29) is 36.8 Å². The zero-order chi connectivity index (χ0) is 23.5. The second-order valence-corrected chi connectivity index (χ2v) is 7.34. The van der Waals surface area contributed by atoms with Gasteiger partial charge in [0.1, 0.15) is 11.3 Å². The summed E-state index contributed by atoms with van der Waals surface area (Å²) in [6, 6.07) is 6.56. The molecule has 0 radical (unpaired) electrons. The minimum atomic E-state index is -0.932. The maximum Gasteiger partial charge on any atom is 0.513 e. The van der Waals surface area contributed by atoms with Crippen LogP contribution in [0.25, 0.3) is 0 Å². The molecule has 32 heavy (non-hydrogen) atoms. The molecule has 0 unspecified atom stereocenters. The molecule has 9 nitrogen and oxygen atoms in total. The molecule has 0 atom stereocenters. The molecule has 0 bridgehead atoms. The maximum atomic E-state index is 12.8. The zero-order valence-electron chi connectivity index (χ0n) is 18.2. The van der Waals surface area contributed by atoms with Gasteiger partial charge in [-0.3, -0.25) is 10.2 Å². The van der Waals surface area contributed by atoms with Crippen molar-refractivity contribution in [3.05, 3.63) is 52.9 Å². The van der Waals surface area contributed by atoms with Gasteiger partial charge in [-0.05, 0) is 37.1 Å². The van der Waals surface area contributed by atoms with E-state index in [4.69, 9.17) is 25.8 Å². The third-order valence-corrected chi connectivity index (χ3v) is 4.64. The Morgan fingerprint density at radius 1 is 1.12 bits per heavy atom. The van der Waals surface area contributed by atoms with Gasteiger partial charge in [0.25, 0.3) is 5.91 Å². The summed E-state index contributed by atoms with van der Waals surface area (Å²) in [6.45, 7) is 8.14. The fourth-order valence-electron chi connectivity index (χ4n) is 2.63. The summed E-state index contributed by atoms with van der Waals surface area (Å²) in [6.07, 6.45) is 1.35. The second kappa shape index (κ2) is 12.6. The number of benzene rings is 1. The van der Waals surface area contributed by atoms with E-state index in [1.54, 1.807) is 24.3 Å². The molecule has 2 amide bonds. The lowest BCUT2D eigenvalue weighted by molar-refractivity contribution is -0.116. The molecular formula is C22H28ClN3O6. The normalized spacial score (nSPS) is 12.8. The molecule has 0 saturated carbocycles. The van der Waals surface area contributed by atoms with Crippen molar-refractivity contribution in [1.82, 2.24) is 10.3 Å². The number of hydrazine groups is 1. The largest absolute Gasteiger partial charge is 0.513 e. The molecule has 1 aliphatic rings. The van der Waals surface area contributed by atoms with Gasteiger partial charge in [-0.2, -0.15) is 5.01 Å². The highest BCUT2D eigenvalue weighted by Crippen LogP contribution is 2.25. The van der Waals surface area contributed by atoms with Gasteiger partial charge in [-0.15, -0.1) is 0 Å². The molecule has 2 rings (SSSR count). The number of unbranched alkanes of at least 4 members (excludes halogenated alkanes) is 2. The van der Waals surface area contributed by atoms with Crippen LogP contribution in [0.4, 0.5) is 15.3 Å². The van der Waals surface area contributed by atoms with Crippen LogP contribution in [-0.2, 0) is 19.0 Å². The van der Waals surface area contributed by atoms with E-state index in [9.17, 15) is 14.4 Å². The lowest BCUT2D eigenvalue weighted by Gasteiger charge is -2.26. The topological polar surface area (TPSA) is 106 Å². The Kier molecular flexibility index (Phi) is 9.87. The summed E-state index contributed by atoms with van der Waals surface area (Å²) in [5, 5.41) is 4.07. The third kappa shape index (κ3) is 7.19. The highest BCUT2D eigenvalue weighted by Gasteiger charge is 2.33.